The summed E-state index contributed by atoms with van der Waals surface area (Å²) in [5.41, 5.74) is -0.259. The molecule has 2 rings (SSSR count). The molecule has 2 aromatic rings. The number of nitro benzene ring substituents is 1. The number of pyridine rings is 1. The second kappa shape index (κ2) is 4.25. The third-order valence-corrected chi connectivity index (χ3v) is 2.23. The summed E-state index contributed by atoms with van der Waals surface area (Å²) in [4.78, 5) is 13.1. The lowest BCUT2D eigenvalue weighted by Gasteiger charge is -2.02. The first-order chi connectivity index (χ1) is 8.09. The predicted molar refractivity (Wildman–Crippen MR) is 56.2 cm³/mol. The highest BCUT2D eigenvalue weighted by atomic mass is 19.1. The Labute approximate surface area is 94.7 Å². The number of halogens is 2. The number of aromatic nitrogens is 1. The molecule has 6 heteroatoms. The predicted octanol–water partition coefficient (Wildman–Crippen LogP) is 2.94. The Balaban J connectivity index is 2.52. The lowest BCUT2D eigenvalue weighted by Crippen LogP contribution is -1.93. The molecular formula is C11H6F2N2O2. The highest BCUT2D eigenvalue weighted by Gasteiger charge is 2.15. The van der Waals surface area contributed by atoms with Gasteiger partial charge in [0.15, 0.2) is 0 Å². The van der Waals surface area contributed by atoms with E-state index in [0.29, 0.717) is 0 Å². The summed E-state index contributed by atoms with van der Waals surface area (Å²) in [6.45, 7) is 0. The largest absolute Gasteiger partial charge is 0.304 e. The van der Waals surface area contributed by atoms with Crippen LogP contribution < -0.4 is 0 Å². The molecule has 0 saturated heterocycles. The molecule has 0 aliphatic carbocycles. The van der Waals surface area contributed by atoms with E-state index >= 15 is 0 Å². The minimum atomic E-state index is -0.997. The molecule has 0 radical (unpaired) electrons. The van der Waals surface area contributed by atoms with Gasteiger partial charge in [-0.05, 0) is 23.8 Å². The highest BCUT2D eigenvalue weighted by Crippen LogP contribution is 2.26. The zero-order valence-electron chi connectivity index (χ0n) is 8.43. The van der Waals surface area contributed by atoms with E-state index in [4.69, 9.17) is 0 Å². The maximum Gasteiger partial charge on any atom is 0.304 e. The fourth-order valence-corrected chi connectivity index (χ4v) is 1.43. The number of hydrogen-bond acceptors (Lipinski definition) is 3. The number of rotatable bonds is 2. The minimum Gasteiger partial charge on any atom is -0.262 e. The Morgan fingerprint density at radius 1 is 1.18 bits per heavy atom. The fourth-order valence-electron chi connectivity index (χ4n) is 1.43. The van der Waals surface area contributed by atoms with Crippen LogP contribution in [0.5, 0.6) is 0 Å². The Bertz CT molecular complexity index is 587. The van der Waals surface area contributed by atoms with E-state index < -0.39 is 22.2 Å². The summed E-state index contributed by atoms with van der Waals surface area (Å²) in [5, 5.41) is 10.4. The van der Waals surface area contributed by atoms with Crippen LogP contribution in [0.2, 0.25) is 0 Å². The van der Waals surface area contributed by atoms with Crippen molar-refractivity contribution >= 4 is 5.69 Å². The Morgan fingerprint density at radius 3 is 2.53 bits per heavy atom. The van der Waals surface area contributed by atoms with Crippen molar-refractivity contribution < 1.29 is 13.7 Å². The molecule has 0 aliphatic heterocycles. The standard InChI is InChI=1S/C11H6F2N2O2/c12-9-5-7(1-2-11(9)15(16)17)8-3-4-14-6-10(8)13/h1-6H. The lowest BCUT2D eigenvalue weighted by molar-refractivity contribution is -0.387. The summed E-state index contributed by atoms with van der Waals surface area (Å²) in [5.74, 6) is -1.61. The second-order valence-electron chi connectivity index (χ2n) is 3.28. The van der Waals surface area contributed by atoms with E-state index in [9.17, 15) is 18.9 Å². The van der Waals surface area contributed by atoms with Crippen molar-refractivity contribution in [3.05, 3.63) is 58.4 Å². The van der Waals surface area contributed by atoms with Gasteiger partial charge in [-0.25, -0.2) is 4.39 Å². The van der Waals surface area contributed by atoms with E-state index in [-0.39, 0.29) is 11.1 Å². The molecule has 1 heterocycles. The van der Waals surface area contributed by atoms with Crippen molar-refractivity contribution in [2.24, 2.45) is 0 Å². The SMILES string of the molecule is O=[N+]([O-])c1ccc(-c2ccncc2F)cc1F. The topological polar surface area (TPSA) is 56.0 Å². The van der Waals surface area contributed by atoms with Crippen molar-refractivity contribution in [2.75, 3.05) is 0 Å². The molecule has 0 atom stereocenters. The molecule has 86 valence electrons. The molecule has 0 amide bonds. The number of nitro groups is 1. The molecule has 0 spiro atoms. The van der Waals surface area contributed by atoms with E-state index in [1.54, 1.807) is 0 Å². The van der Waals surface area contributed by atoms with E-state index in [1.165, 1.54) is 18.3 Å². The quantitative estimate of drug-likeness (QED) is 0.595. The van der Waals surface area contributed by atoms with Gasteiger partial charge in [0.1, 0.15) is 5.82 Å². The average Bonchev–Trinajstić information content (AvgIpc) is 2.29. The molecular weight excluding hydrogens is 230 g/mol. The number of nitrogens with zero attached hydrogens (tertiary/aromatic N) is 2. The summed E-state index contributed by atoms with van der Waals surface area (Å²) < 4.78 is 26.7. The smallest absolute Gasteiger partial charge is 0.262 e. The zero-order valence-corrected chi connectivity index (χ0v) is 8.43. The minimum absolute atomic E-state index is 0.147. The Kier molecular flexibility index (Phi) is 2.78. The van der Waals surface area contributed by atoms with Crippen molar-refractivity contribution in [2.45, 2.75) is 0 Å². The Hall–Kier alpha value is -2.37. The van der Waals surface area contributed by atoms with Crippen LogP contribution in [0.1, 0.15) is 0 Å². The van der Waals surface area contributed by atoms with Crippen molar-refractivity contribution in [3.8, 4) is 11.1 Å². The maximum absolute atomic E-state index is 13.3. The third-order valence-electron chi connectivity index (χ3n) is 2.23. The van der Waals surface area contributed by atoms with Crippen LogP contribution >= 0.6 is 0 Å². The molecule has 0 saturated carbocycles. The summed E-state index contributed by atoms with van der Waals surface area (Å²) in [6.07, 6.45) is 2.35. The summed E-state index contributed by atoms with van der Waals surface area (Å²) in [7, 11) is 0. The lowest BCUT2D eigenvalue weighted by atomic mass is 10.1. The van der Waals surface area contributed by atoms with Gasteiger partial charge in [0, 0.05) is 17.8 Å². The van der Waals surface area contributed by atoms with Gasteiger partial charge in [-0.15, -0.1) is 0 Å². The van der Waals surface area contributed by atoms with Crippen molar-refractivity contribution in [1.29, 1.82) is 0 Å². The van der Waals surface area contributed by atoms with Gasteiger partial charge in [0.25, 0.3) is 0 Å². The summed E-state index contributed by atoms with van der Waals surface area (Å²) in [6, 6.07) is 4.59. The van der Waals surface area contributed by atoms with Crippen LogP contribution in [0.3, 0.4) is 0 Å². The molecule has 1 aromatic heterocycles. The number of hydrogen-bond donors (Lipinski definition) is 0. The summed E-state index contributed by atoms with van der Waals surface area (Å²) >= 11 is 0. The van der Waals surface area contributed by atoms with Gasteiger partial charge in [-0.2, -0.15) is 4.39 Å². The first-order valence-corrected chi connectivity index (χ1v) is 4.63. The first kappa shape index (κ1) is 11.1. The second-order valence-corrected chi connectivity index (χ2v) is 3.28. The highest BCUT2D eigenvalue weighted by molar-refractivity contribution is 5.65. The molecule has 17 heavy (non-hydrogen) atoms. The van der Waals surface area contributed by atoms with Crippen LogP contribution in [-0.4, -0.2) is 9.91 Å². The normalized spacial score (nSPS) is 10.2. The number of benzene rings is 1. The van der Waals surface area contributed by atoms with Crippen molar-refractivity contribution in [3.63, 3.8) is 0 Å². The molecule has 0 unspecified atom stereocenters. The molecule has 0 bridgehead atoms. The van der Waals surface area contributed by atoms with Gasteiger partial charge in [-0.3, -0.25) is 15.1 Å². The maximum atomic E-state index is 13.3. The van der Waals surface area contributed by atoms with Gasteiger partial charge in [0.2, 0.25) is 5.82 Å². The van der Waals surface area contributed by atoms with Gasteiger partial charge in [0.05, 0.1) is 11.1 Å². The van der Waals surface area contributed by atoms with Crippen molar-refractivity contribution in [1.82, 2.24) is 4.98 Å². The molecule has 0 fully saturated rings. The van der Waals surface area contributed by atoms with E-state index in [2.05, 4.69) is 4.98 Å². The van der Waals surface area contributed by atoms with Crippen LogP contribution in [0, 0.1) is 21.7 Å². The average molecular weight is 236 g/mol. The van der Waals surface area contributed by atoms with E-state index in [0.717, 1.165) is 18.3 Å². The molecule has 0 N–H and O–H groups in total. The Morgan fingerprint density at radius 2 is 1.94 bits per heavy atom. The van der Waals surface area contributed by atoms with E-state index in [1.807, 2.05) is 0 Å². The third kappa shape index (κ3) is 2.10. The van der Waals surface area contributed by atoms with Crippen LogP contribution in [0.4, 0.5) is 14.5 Å². The first-order valence-electron chi connectivity index (χ1n) is 4.63. The fraction of sp³-hybridized carbons (Fsp3) is 0. The van der Waals surface area contributed by atoms with Gasteiger partial charge < -0.3 is 0 Å². The molecule has 4 nitrogen and oxygen atoms in total. The van der Waals surface area contributed by atoms with Crippen LogP contribution in [0.25, 0.3) is 11.1 Å². The van der Waals surface area contributed by atoms with Crippen LogP contribution in [0.15, 0.2) is 36.7 Å². The molecule has 1 aromatic carbocycles. The monoisotopic (exact) mass is 236 g/mol. The van der Waals surface area contributed by atoms with Gasteiger partial charge in [-0.1, -0.05) is 0 Å². The van der Waals surface area contributed by atoms with Gasteiger partial charge >= 0.3 is 5.69 Å². The van der Waals surface area contributed by atoms with Crippen LogP contribution in [-0.2, 0) is 0 Å². The zero-order chi connectivity index (χ0) is 12.4. The molecule has 0 aliphatic rings.